The lowest BCUT2D eigenvalue weighted by atomic mass is 9.97. The van der Waals surface area contributed by atoms with E-state index < -0.39 is 0 Å². The molecule has 0 fully saturated rings. The van der Waals surface area contributed by atoms with Crippen molar-refractivity contribution < 1.29 is 0 Å². The maximum absolute atomic E-state index is 5.56. The highest BCUT2D eigenvalue weighted by Crippen LogP contribution is 2.27. The monoisotopic (exact) mass is 264 g/mol. The van der Waals surface area contributed by atoms with Crippen LogP contribution in [-0.4, -0.2) is 24.5 Å². The molecule has 2 heteroatoms. The normalized spacial score (nSPS) is 14.7. The van der Waals surface area contributed by atoms with Crippen molar-refractivity contribution in [2.45, 2.75) is 6.42 Å². The number of hydrogen-bond donors (Lipinski definition) is 1. The molecule has 0 aliphatic carbocycles. The third kappa shape index (κ3) is 2.61. The second-order valence-electron chi connectivity index (χ2n) is 5.14. The largest absolute Gasteiger partial charge is 0.374 e. The van der Waals surface area contributed by atoms with Crippen molar-refractivity contribution in [1.82, 2.24) is 4.90 Å². The Labute approximate surface area is 120 Å². The zero-order chi connectivity index (χ0) is 13.8. The van der Waals surface area contributed by atoms with Gasteiger partial charge in [0.2, 0.25) is 0 Å². The van der Waals surface area contributed by atoms with Gasteiger partial charge in [-0.3, -0.25) is 0 Å². The Balaban J connectivity index is 1.87. The quantitative estimate of drug-likeness (QED) is 0.917. The molecule has 2 aromatic carbocycles. The number of nitrogens with two attached hydrogens (primary N) is 1. The molecule has 2 aromatic rings. The van der Waals surface area contributed by atoms with Gasteiger partial charge in [-0.05, 0) is 47.2 Å². The van der Waals surface area contributed by atoms with E-state index in [0.717, 1.165) is 26.1 Å². The molecule has 2 nitrogen and oxygen atoms in total. The van der Waals surface area contributed by atoms with Crippen molar-refractivity contribution in [2.75, 3.05) is 19.6 Å². The molecule has 0 saturated carbocycles. The smallest absolute Gasteiger partial charge is 0.0363 e. The van der Waals surface area contributed by atoms with Gasteiger partial charge in [0.1, 0.15) is 0 Å². The zero-order valence-electron chi connectivity index (χ0n) is 11.6. The first-order valence-electron chi connectivity index (χ1n) is 7.19. The van der Waals surface area contributed by atoms with E-state index in [1.54, 1.807) is 0 Å². The predicted molar refractivity (Wildman–Crippen MR) is 86.3 cm³/mol. The summed E-state index contributed by atoms with van der Waals surface area (Å²) >= 11 is 0. The van der Waals surface area contributed by atoms with Gasteiger partial charge >= 0.3 is 0 Å². The van der Waals surface area contributed by atoms with E-state index in [1.165, 1.54) is 21.9 Å². The van der Waals surface area contributed by atoms with E-state index in [9.17, 15) is 0 Å². The molecule has 20 heavy (non-hydrogen) atoms. The van der Waals surface area contributed by atoms with E-state index in [-0.39, 0.29) is 0 Å². The second kappa shape index (κ2) is 5.93. The van der Waals surface area contributed by atoms with Crippen LogP contribution in [0.4, 0.5) is 0 Å². The molecule has 0 saturated heterocycles. The molecule has 0 atom stereocenters. The molecule has 0 amide bonds. The van der Waals surface area contributed by atoms with Gasteiger partial charge < -0.3 is 10.6 Å². The third-order valence-corrected chi connectivity index (χ3v) is 3.76. The standard InChI is InChI=1S/C18H20N2/c19-11-4-12-20-13-9-16(10-14-20)18-8-3-6-15-5-1-2-7-17(15)18/h1-3,5-10,13H,4,11-12,14,19H2. The highest BCUT2D eigenvalue weighted by Gasteiger charge is 2.08. The average Bonchev–Trinajstić information content (AvgIpc) is 2.53. The summed E-state index contributed by atoms with van der Waals surface area (Å²) in [5.41, 5.74) is 8.19. The van der Waals surface area contributed by atoms with Crippen molar-refractivity contribution >= 4 is 16.3 Å². The van der Waals surface area contributed by atoms with E-state index >= 15 is 0 Å². The predicted octanol–water partition coefficient (Wildman–Crippen LogP) is 3.40. The minimum atomic E-state index is 0.754. The van der Waals surface area contributed by atoms with Crippen LogP contribution in [0.25, 0.3) is 16.3 Å². The average molecular weight is 264 g/mol. The van der Waals surface area contributed by atoms with Crippen LogP contribution in [0.2, 0.25) is 0 Å². The Morgan fingerprint density at radius 2 is 1.90 bits per heavy atom. The van der Waals surface area contributed by atoms with Gasteiger partial charge in [-0.1, -0.05) is 48.5 Å². The van der Waals surface area contributed by atoms with Gasteiger partial charge in [-0.2, -0.15) is 0 Å². The molecule has 0 aromatic heterocycles. The lowest BCUT2D eigenvalue weighted by molar-refractivity contribution is 0.407. The summed E-state index contributed by atoms with van der Waals surface area (Å²) in [7, 11) is 0. The Morgan fingerprint density at radius 1 is 1.05 bits per heavy atom. The molecule has 0 bridgehead atoms. The first-order valence-corrected chi connectivity index (χ1v) is 7.19. The summed E-state index contributed by atoms with van der Waals surface area (Å²) in [5.74, 6) is 0. The van der Waals surface area contributed by atoms with Crippen molar-refractivity contribution in [1.29, 1.82) is 0 Å². The molecule has 1 heterocycles. The molecule has 3 rings (SSSR count). The van der Waals surface area contributed by atoms with E-state index in [0.29, 0.717) is 0 Å². The molecule has 0 radical (unpaired) electrons. The van der Waals surface area contributed by atoms with Gasteiger partial charge in [-0.15, -0.1) is 0 Å². The highest BCUT2D eigenvalue weighted by atomic mass is 15.1. The maximum atomic E-state index is 5.56. The van der Waals surface area contributed by atoms with E-state index in [1.807, 2.05) is 0 Å². The SMILES string of the molecule is NCCCN1C=CC(c2cccc3ccccc23)=CC1. The van der Waals surface area contributed by atoms with Crippen LogP contribution in [0.5, 0.6) is 0 Å². The van der Waals surface area contributed by atoms with Crippen LogP contribution in [0.1, 0.15) is 12.0 Å². The number of hydrogen-bond acceptors (Lipinski definition) is 2. The van der Waals surface area contributed by atoms with Crippen LogP contribution >= 0.6 is 0 Å². The third-order valence-electron chi connectivity index (χ3n) is 3.76. The van der Waals surface area contributed by atoms with Crippen molar-refractivity contribution in [2.24, 2.45) is 5.73 Å². The first-order chi connectivity index (χ1) is 9.88. The van der Waals surface area contributed by atoms with E-state index in [4.69, 9.17) is 5.73 Å². The Bertz CT molecular complexity index is 650. The van der Waals surface area contributed by atoms with Crippen LogP contribution in [0, 0.1) is 0 Å². The Hall–Kier alpha value is -2.06. The number of nitrogens with zero attached hydrogens (tertiary/aromatic N) is 1. The summed E-state index contributed by atoms with van der Waals surface area (Å²) in [5, 5.41) is 2.62. The van der Waals surface area contributed by atoms with Gasteiger partial charge in [0.15, 0.2) is 0 Å². The topological polar surface area (TPSA) is 29.3 Å². The second-order valence-corrected chi connectivity index (χ2v) is 5.14. The number of benzene rings is 2. The molecule has 0 spiro atoms. The molecular weight excluding hydrogens is 244 g/mol. The van der Waals surface area contributed by atoms with Gasteiger partial charge in [0.25, 0.3) is 0 Å². The molecule has 0 unspecified atom stereocenters. The number of allylic oxidation sites excluding steroid dienone is 2. The van der Waals surface area contributed by atoms with Gasteiger partial charge in [0.05, 0.1) is 0 Å². The fourth-order valence-corrected chi connectivity index (χ4v) is 2.67. The molecule has 1 aliphatic heterocycles. The number of rotatable bonds is 4. The van der Waals surface area contributed by atoms with Crippen LogP contribution in [0.3, 0.4) is 0 Å². The Morgan fingerprint density at radius 3 is 2.70 bits per heavy atom. The van der Waals surface area contributed by atoms with Crippen LogP contribution < -0.4 is 5.73 Å². The molecule has 1 aliphatic rings. The fraction of sp³-hybridized carbons (Fsp3) is 0.222. The summed E-state index contributed by atoms with van der Waals surface area (Å²) in [6.07, 6.45) is 7.74. The van der Waals surface area contributed by atoms with Crippen molar-refractivity contribution in [3.05, 3.63) is 66.4 Å². The van der Waals surface area contributed by atoms with Gasteiger partial charge in [0, 0.05) is 13.1 Å². The lowest BCUT2D eigenvalue weighted by Gasteiger charge is -2.23. The molecular formula is C18H20N2. The number of fused-ring (bicyclic) bond motifs is 1. The van der Waals surface area contributed by atoms with Crippen molar-refractivity contribution in [3.63, 3.8) is 0 Å². The summed E-state index contributed by atoms with van der Waals surface area (Å²) < 4.78 is 0. The zero-order valence-corrected chi connectivity index (χ0v) is 11.6. The van der Waals surface area contributed by atoms with Crippen molar-refractivity contribution in [3.8, 4) is 0 Å². The first kappa shape index (κ1) is 12.9. The minimum absolute atomic E-state index is 0.754. The van der Waals surface area contributed by atoms with Crippen LogP contribution in [0.15, 0.2) is 60.8 Å². The van der Waals surface area contributed by atoms with Crippen LogP contribution in [-0.2, 0) is 0 Å². The molecule has 2 N–H and O–H groups in total. The van der Waals surface area contributed by atoms with E-state index in [2.05, 4.69) is 65.7 Å². The summed E-state index contributed by atoms with van der Waals surface area (Å²) in [4.78, 5) is 2.31. The summed E-state index contributed by atoms with van der Waals surface area (Å²) in [6.45, 7) is 2.76. The van der Waals surface area contributed by atoms with Gasteiger partial charge in [-0.25, -0.2) is 0 Å². The summed E-state index contributed by atoms with van der Waals surface area (Å²) in [6, 6.07) is 15.1. The lowest BCUT2D eigenvalue weighted by Crippen LogP contribution is -2.22. The fourth-order valence-electron chi connectivity index (χ4n) is 2.67. The highest BCUT2D eigenvalue weighted by molar-refractivity contribution is 5.96. The Kier molecular flexibility index (Phi) is 3.84. The minimum Gasteiger partial charge on any atom is -0.374 e. The molecule has 102 valence electrons. The maximum Gasteiger partial charge on any atom is 0.0363 e.